The lowest BCUT2D eigenvalue weighted by Crippen LogP contribution is -2.49. The van der Waals surface area contributed by atoms with Gasteiger partial charge in [-0.25, -0.2) is 29.1 Å². The van der Waals surface area contributed by atoms with E-state index in [-0.39, 0.29) is 43.5 Å². The summed E-state index contributed by atoms with van der Waals surface area (Å²) in [6, 6.07) is 13.5. The normalized spacial score (nSPS) is 20.4. The summed E-state index contributed by atoms with van der Waals surface area (Å²) in [5.41, 5.74) is 3.71. The molecule has 3 aromatic carbocycles. The highest BCUT2D eigenvalue weighted by Gasteiger charge is 2.34. The molecule has 1 unspecified atom stereocenters. The maximum absolute atomic E-state index is 14.7. The lowest BCUT2D eigenvalue weighted by atomic mass is 9.92. The number of aromatic nitrogens is 4. The number of morpholine rings is 1. The first kappa shape index (κ1) is 57.7. The van der Waals surface area contributed by atoms with Crippen molar-refractivity contribution in [3.8, 4) is 44.7 Å². The van der Waals surface area contributed by atoms with Gasteiger partial charge in [0.15, 0.2) is 5.75 Å². The molecule has 3 fully saturated rings. The van der Waals surface area contributed by atoms with Crippen LogP contribution in [0.2, 0.25) is 10.0 Å². The van der Waals surface area contributed by atoms with Crippen LogP contribution in [0.25, 0.3) is 31.8 Å². The summed E-state index contributed by atoms with van der Waals surface area (Å²) in [5, 5.41) is 1.13. The summed E-state index contributed by atoms with van der Waals surface area (Å²) >= 11 is 16.2. The number of benzene rings is 3. The third kappa shape index (κ3) is 14.2. The van der Waals surface area contributed by atoms with Crippen LogP contribution in [-0.2, 0) is 46.2 Å². The smallest absolute Gasteiger partial charge is 0.348 e. The van der Waals surface area contributed by atoms with E-state index >= 15 is 0 Å². The van der Waals surface area contributed by atoms with Gasteiger partial charge in [-0.2, -0.15) is 0 Å². The van der Waals surface area contributed by atoms with Gasteiger partial charge in [0.25, 0.3) is 0 Å². The van der Waals surface area contributed by atoms with Gasteiger partial charge in [0, 0.05) is 74.4 Å². The van der Waals surface area contributed by atoms with Crippen molar-refractivity contribution in [3.05, 3.63) is 99.3 Å². The van der Waals surface area contributed by atoms with E-state index in [4.69, 9.17) is 85.5 Å². The number of rotatable bonds is 15. The van der Waals surface area contributed by atoms with E-state index in [0.717, 1.165) is 31.1 Å². The molecule has 4 atom stereocenters. The van der Waals surface area contributed by atoms with Crippen molar-refractivity contribution in [2.45, 2.75) is 77.7 Å². The van der Waals surface area contributed by atoms with E-state index in [1.54, 1.807) is 45.2 Å². The highest BCUT2D eigenvalue weighted by atomic mass is 35.5. The zero-order chi connectivity index (χ0) is 55.9. The molecule has 4 bridgehead atoms. The topological polar surface area (TPSA) is 171 Å². The first-order valence-electron chi connectivity index (χ1n) is 27.0. The van der Waals surface area contributed by atoms with E-state index in [1.807, 2.05) is 32.0 Å². The second-order valence-corrected chi connectivity index (χ2v) is 23.1. The number of hydrogen-bond donors (Lipinski definition) is 0. The Kier molecular flexibility index (Phi) is 18.9. The number of esters is 1. The molecule has 3 aromatic heterocycles. The molecule has 11 rings (SSSR count). The summed E-state index contributed by atoms with van der Waals surface area (Å²) in [6.07, 6.45) is 0.996. The minimum Gasteiger partial charge on any atom is -0.490 e. The van der Waals surface area contributed by atoms with E-state index in [0.29, 0.717) is 155 Å². The van der Waals surface area contributed by atoms with Crippen LogP contribution in [0.4, 0.5) is 10.3 Å². The fourth-order valence-electron chi connectivity index (χ4n) is 10.0. The predicted octanol–water partition coefficient (Wildman–Crippen LogP) is 8.83. The third-order valence-electron chi connectivity index (χ3n) is 14.1. The van der Waals surface area contributed by atoms with Crippen molar-refractivity contribution >= 4 is 56.7 Å². The minimum atomic E-state index is -1.28. The first-order valence-corrected chi connectivity index (χ1v) is 28.6. The zero-order valence-electron chi connectivity index (χ0n) is 46.0. The van der Waals surface area contributed by atoms with E-state index in [9.17, 15) is 9.18 Å². The van der Waals surface area contributed by atoms with Gasteiger partial charge < -0.3 is 57.2 Å². The number of anilines is 1. The van der Waals surface area contributed by atoms with Gasteiger partial charge in [-0.1, -0.05) is 35.3 Å². The number of halogens is 3. The second kappa shape index (κ2) is 26.2. The van der Waals surface area contributed by atoms with Crippen molar-refractivity contribution in [1.82, 2.24) is 29.7 Å². The fourth-order valence-corrected chi connectivity index (χ4v) is 11.7. The van der Waals surface area contributed by atoms with Crippen molar-refractivity contribution < 1.29 is 56.6 Å². The van der Waals surface area contributed by atoms with Gasteiger partial charge in [0.1, 0.15) is 59.5 Å². The molecular weight excluding hydrogens is 1090 g/mol. The number of piperazine rings is 1. The Morgan fingerprint density at radius 1 is 0.838 bits per heavy atom. The Morgan fingerprint density at radius 2 is 1.59 bits per heavy atom. The van der Waals surface area contributed by atoms with Crippen LogP contribution in [0, 0.1) is 19.7 Å². The molecule has 22 heteroatoms. The maximum atomic E-state index is 14.7. The van der Waals surface area contributed by atoms with Gasteiger partial charge in [-0.3, -0.25) is 4.90 Å². The van der Waals surface area contributed by atoms with E-state index in [2.05, 4.69) is 26.7 Å². The SMILES string of the molecule is Cc1c(Cl)c2c(Cl)c(C)c1-c1c(-c3ccc(F)cc3)sc3ncnc(c13)O[C@@H](C(=O)OC(C)(C)C)Cc1cc(ccc1OCc1ccnc(N3CCO[C@H](COCCOCC4COCCO4)C3)n1)OC[C@@H](CN1CCN(C)CC1)O2. The molecule has 5 aliphatic rings. The van der Waals surface area contributed by atoms with E-state index in [1.165, 1.54) is 29.8 Å². The van der Waals surface area contributed by atoms with Gasteiger partial charge in [0.05, 0.1) is 80.1 Å². The van der Waals surface area contributed by atoms with Crippen LogP contribution in [-0.4, -0.2) is 178 Å². The summed E-state index contributed by atoms with van der Waals surface area (Å²) < 4.78 is 76.6. The van der Waals surface area contributed by atoms with Gasteiger partial charge in [-0.15, -0.1) is 11.3 Å². The van der Waals surface area contributed by atoms with Gasteiger partial charge >= 0.3 is 5.97 Å². The monoisotopic (exact) mass is 1160 g/mol. The maximum Gasteiger partial charge on any atom is 0.348 e. The molecule has 3 saturated heterocycles. The highest BCUT2D eigenvalue weighted by molar-refractivity contribution is 7.22. The van der Waals surface area contributed by atoms with Crippen molar-refractivity contribution in [2.75, 3.05) is 117 Å². The second-order valence-electron chi connectivity index (χ2n) is 21.3. The van der Waals surface area contributed by atoms with Crippen LogP contribution >= 0.6 is 34.5 Å². The molecule has 0 amide bonds. The average Bonchev–Trinajstić information content (AvgIpc) is 4.03. The quantitative estimate of drug-likeness (QED) is 0.0705. The van der Waals surface area contributed by atoms with Crippen LogP contribution in [0.3, 0.4) is 0 Å². The number of nitrogens with zero attached hydrogens (tertiary/aromatic N) is 7. The average molecular weight is 1160 g/mol. The number of hydrogen-bond acceptors (Lipinski definition) is 19. The fraction of sp³-hybridized carbons (Fsp3) is 0.500. The summed E-state index contributed by atoms with van der Waals surface area (Å²) in [4.78, 5) is 41.7. The van der Waals surface area contributed by atoms with Crippen LogP contribution in [0.15, 0.2) is 61.1 Å². The minimum absolute atomic E-state index is 0.0370. The standard InChI is InChI=1S/C58H68Cl2FN7O11S/c1-35-47-36(2)51(60)52(50(35)59)77-43(27-67-17-15-66(6)16-18-67)33-75-41-11-12-45(76-29-40-13-14-62-57(65-40)68-19-20-73-42(28-68)30-70-21-22-71-31-44-32-72-23-24-74-44)38(25-41)26-46(56(69)79-58(3,4)5)78-54-49-48(47)53(80-55(49)64-34-63-54)37-7-9-39(61)10-8-37/h7-14,25,34,42-44,46H,15-24,26-33H2,1-6H3/t42-,43+,44?,46+/m0/s1. The lowest BCUT2D eigenvalue weighted by Gasteiger charge is -2.35. The van der Waals surface area contributed by atoms with Crippen molar-refractivity contribution in [2.24, 2.45) is 0 Å². The van der Waals surface area contributed by atoms with Gasteiger partial charge in [-0.05, 0) is 100 Å². The zero-order valence-corrected chi connectivity index (χ0v) is 48.3. The Bertz CT molecular complexity index is 3070. The Hall–Kier alpha value is -5.52. The number of fused-ring (bicyclic) bond motifs is 7. The predicted molar refractivity (Wildman–Crippen MR) is 303 cm³/mol. The van der Waals surface area contributed by atoms with Gasteiger partial charge in [0.2, 0.25) is 17.9 Å². The summed E-state index contributed by atoms with van der Waals surface area (Å²) in [6.45, 7) is 18.4. The molecule has 6 aromatic rings. The van der Waals surface area contributed by atoms with Crippen molar-refractivity contribution in [1.29, 1.82) is 0 Å². The number of ether oxygens (including phenoxy) is 10. The third-order valence-corrected chi connectivity index (χ3v) is 16.2. The number of thiophene rings is 1. The molecule has 0 N–H and O–H groups in total. The number of likely N-dealkylation sites (N-methyl/N-ethyl adjacent to an activating group) is 1. The molecule has 0 saturated carbocycles. The first-order chi connectivity index (χ1) is 38.6. The molecular formula is C58H68Cl2FN7O11S. The molecule has 8 heterocycles. The van der Waals surface area contributed by atoms with Crippen LogP contribution < -0.4 is 23.8 Å². The van der Waals surface area contributed by atoms with Crippen LogP contribution in [0.5, 0.6) is 23.1 Å². The Labute approximate surface area is 479 Å². The highest BCUT2D eigenvalue weighted by Crippen LogP contribution is 2.53. The van der Waals surface area contributed by atoms with Crippen LogP contribution in [0.1, 0.15) is 43.2 Å². The molecule has 80 heavy (non-hydrogen) atoms. The molecule has 0 aliphatic carbocycles. The summed E-state index contributed by atoms with van der Waals surface area (Å²) in [5.74, 6) is 0.893. The molecule has 0 radical (unpaired) electrons. The summed E-state index contributed by atoms with van der Waals surface area (Å²) in [7, 11) is 2.11. The molecule has 18 nitrogen and oxygen atoms in total. The number of carbonyl (C=O) groups excluding carboxylic acids is 1. The largest absolute Gasteiger partial charge is 0.490 e. The molecule has 0 spiro atoms. The Morgan fingerprint density at radius 3 is 2.33 bits per heavy atom. The van der Waals surface area contributed by atoms with E-state index < -0.39 is 23.8 Å². The van der Waals surface area contributed by atoms with Crippen molar-refractivity contribution in [3.63, 3.8) is 0 Å². The lowest BCUT2D eigenvalue weighted by molar-refractivity contribution is -0.163. The Balaban J connectivity index is 0.972. The number of carbonyl (C=O) groups is 1. The molecule has 5 aliphatic heterocycles. The molecule has 428 valence electrons.